The lowest BCUT2D eigenvalue weighted by Crippen LogP contribution is -2.42. The molecular formula is C22H20N2O4. The maximum atomic E-state index is 12.6. The highest BCUT2D eigenvalue weighted by Crippen LogP contribution is 2.22. The maximum absolute atomic E-state index is 12.6. The van der Waals surface area contributed by atoms with Crippen LogP contribution in [-0.4, -0.2) is 23.0 Å². The van der Waals surface area contributed by atoms with Crippen LogP contribution >= 0.6 is 0 Å². The monoisotopic (exact) mass is 376 g/mol. The summed E-state index contributed by atoms with van der Waals surface area (Å²) in [7, 11) is 0. The van der Waals surface area contributed by atoms with Crippen LogP contribution in [0.2, 0.25) is 0 Å². The number of para-hydroxylation sites is 1. The van der Waals surface area contributed by atoms with Crippen molar-refractivity contribution in [2.24, 2.45) is 0 Å². The second-order valence-electron chi connectivity index (χ2n) is 6.25. The summed E-state index contributed by atoms with van der Waals surface area (Å²) in [6.07, 6.45) is 0.154. The third-order valence-corrected chi connectivity index (χ3v) is 4.10. The lowest BCUT2D eigenvalue weighted by molar-refractivity contribution is -0.139. The van der Waals surface area contributed by atoms with Gasteiger partial charge in [-0.3, -0.25) is 4.79 Å². The van der Waals surface area contributed by atoms with E-state index in [4.69, 9.17) is 10.5 Å². The Bertz CT molecular complexity index is 956. The first kappa shape index (κ1) is 19.0. The normalized spacial score (nSPS) is 11.4. The van der Waals surface area contributed by atoms with Gasteiger partial charge in [0.1, 0.15) is 17.5 Å². The number of amides is 1. The fourth-order valence-corrected chi connectivity index (χ4v) is 2.66. The van der Waals surface area contributed by atoms with Crippen molar-refractivity contribution in [3.05, 3.63) is 90.0 Å². The number of hydrogen-bond donors (Lipinski definition) is 3. The average Bonchev–Trinajstić information content (AvgIpc) is 2.70. The minimum Gasteiger partial charge on any atom is -0.480 e. The van der Waals surface area contributed by atoms with E-state index in [2.05, 4.69) is 5.32 Å². The van der Waals surface area contributed by atoms with Gasteiger partial charge in [-0.1, -0.05) is 36.4 Å². The highest BCUT2D eigenvalue weighted by molar-refractivity contribution is 5.97. The minimum absolute atomic E-state index is 0.154. The fourth-order valence-electron chi connectivity index (χ4n) is 2.66. The van der Waals surface area contributed by atoms with Crippen LogP contribution in [0.5, 0.6) is 11.5 Å². The first-order valence-electron chi connectivity index (χ1n) is 8.72. The first-order valence-corrected chi connectivity index (χ1v) is 8.72. The largest absolute Gasteiger partial charge is 0.480 e. The molecule has 0 unspecified atom stereocenters. The van der Waals surface area contributed by atoms with Gasteiger partial charge in [0.2, 0.25) is 0 Å². The standard InChI is InChI=1S/C22H20N2O4/c23-17-11-9-15(10-12-17)13-20(22(26)27)24-21(25)16-5-4-8-19(14-16)28-18-6-2-1-3-7-18/h1-12,14,20H,13,23H2,(H,24,25)(H,26,27)/t20-/m0/s1. The van der Waals surface area contributed by atoms with Crippen LogP contribution in [0.25, 0.3) is 0 Å². The molecular weight excluding hydrogens is 356 g/mol. The molecule has 0 heterocycles. The Kier molecular flexibility index (Phi) is 5.91. The molecule has 6 nitrogen and oxygen atoms in total. The van der Waals surface area contributed by atoms with E-state index in [-0.39, 0.29) is 6.42 Å². The van der Waals surface area contributed by atoms with Gasteiger partial charge in [0, 0.05) is 17.7 Å². The number of carboxylic acids is 1. The number of benzene rings is 3. The van der Waals surface area contributed by atoms with Crippen LogP contribution in [0.4, 0.5) is 5.69 Å². The lowest BCUT2D eigenvalue weighted by atomic mass is 10.0. The molecule has 0 aliphatic carbocycles. The predicted molar refractivity (Wildman–Crippen MR) is 106 cm³/mol. The van der Waals surface area contributed by atoms with E-state index in [0.717, 1.165) is 5.56 Å². The molecule has 1 atom stereocenters. The summed E-state index contributed by atoms with van der Waals surface area (Å²) in [5.41, 5.74) is 7.32. The maximum Gasteiger partial charge on any atom is 0.326 e. The van der Waals surface area contributed by atoms with Crippen LogP contribution in [0, 0.1) is 0 Å². The molecule has 0 fully saturated rings. The smallest absolute Gasteiger partial charge is 0.326 e. The number of carboxylic acid groups (broad SMARTS) is 1. The zero-order valence-corrected chi connectivity index (χ0v) is 15.0. The fraction of sp³-hybridized carbons (Fsp3) is 0.0909. The summed E-state index contributed by atoms with van der Waals surface area (Å²) in [5, 5.41) is 12.0. The summed E-state index contributed by atoms with van der Waals surface area (Å²) in [6, 6.07) is 21.6. The van der Waals surface area contributed by atoms with Gasteiger partial charge >= 0.3 is 5.97 Å². The number of nitrogens with two attached hydrogens (primary N) is 1. The van der Waals surface area contributed by atoms with Gasteiger partial charge in [0.25, 0.3) is 5.91 Å². The Balaban J connectivity index is 1.70. The highest BCUT2D eigenvalue weighted by atomic mass is 16.5. The number of carbonyl (C=O) groups is 2. The molecule has 4 N–H and O–H groups in total. The zero-order chi connectivity index (χ0) is 19.9. The van der Waals surface area contributed by atoms with Gasteiger partial charge in [-0.2, -0.15) is 0 Å². The van der Waals surface area contributed by atoms with Gasteiger partial charge in [0.15, 0.2) is 0 Å². The molecule has 142 valence electrons. The van der Waals surface area contributed by atoms with E-state index in [1.54, 1.807) is 60.7 Å². The van der Waals surface area contributed by atoms with Crippen LogP contribution in [0.3, 0.4) is 0 Å². The Labute approximate surface area is 162 Å². The molecule has 3 aromatic rings. The van der Waals surface area contributed by atoms with Gasteiger partial charge in [-0.05, 0) is 48.0 Å². The van der Waals surface area contributed by atoms with E-state index >= 15 is 0 Å². The van der Waals surface area contributed by atoms with E-state index in [1.165, 1.54) is 0 Å². The molecule has 0 radical (unpaired) electrons. The third-order valence-electron chi connectivity index (χ3n) is 4.10. The zero-order valence-electron chi connectivity index (χ0n) is 15.0. The summed E-state index contributed by atoms with van der Waals surface area (Å²) < 4.78 is 5.72. The van der Waals surface area contributed by atoms with Crippen LogP contribution < -0.4 is 15.8 Å². The highest BCUT2D eigenvalue weighted by Gasteiger charge is 2.21. The van der Waals surface area contributed by atoms with E-state index in [9.17, 15) is 14.7 Å². The molecule has 3 rings (SSSR count). The molecule has 0 saturated heterocycles. The van der Waals surface area contributed by atoms with Gasteiger partial charge < -0.3 is 20.9 Å². The molecule has 0 spiro atoms. The van der Waals surface area contributed by atoms with E-state index in [1.807, 2.05) is 18.2 Å². The number of ether oxygens (including phenoxy) is 1. The number of hydrogen-bond acceptors (Lipinski definition) is 4. The molecule has 0 bridgehead atoms. The summed E-state index contributed by atoms with van der Waals surface area (Å²) in [6.45, 7) is 0. The average molecular weight is 376 g/mol. The van der Waals surface area contributed by atoms with Crippen molar-refractivity contribution in [3.8, 4) is 11.5 Å². The van der Waals surface area contributed by atoms with Gasteiger partial charge in [-0.25, -0.2) is 4.79 Å². The van der Waals surface area contributed by atoms with Crippen molar-refractivity contribution in [2.75, 3.05) is 5.73 Å². The number of nitrogen functional groups attached to an aromatic ring is 1. The number of anilines is 1. The topological polar surface area (TPSA) is 102 Å². The van der Waals surface area contributed by atoms with Crippen molar-refractivity contribution in [2.45, 2.75) is 12.5 Å². The molecule has 0 saturated carbocycles. The summed E-state index contributed by atoms with van der Waals surface area (Å²) >= 11 is 0. The quantitative estimate of drug-likeness (QED) is 0.548. The Morgan fingerprint density at radius 1 is 0.929 bits per heavy atom. The molecule has 0 aromatic heterocycles. The van der Waals surface area contributed by atoms with Crippen LogP contribution in [0.15, 0.2) is 78.9 Å². The van der Waals surface area contributed by atoms with Crippen molar-refractivity contribution in [3.63, 3.8) is 0 Å². The second-order valence-corrected chi connectivity index (χ2v) is 6.25. The van der Waals surface area contributed by atoms with Crippen LogP contribution in [0.1, 0.15) is 15.9 Å². The molecule has 0 aliphatic heterocycles. The van der Waals surface area contributed by atoms with Crippen LogP contribution in [-0.2, 0) is 11.2 Å². The predicted octanol–water partition coefficient (Wildman–Crippen LogP) is 3.49. The molecule has 1 amide bonds. The van der Waals surface area contributed by atoms with Crippen molar-refractivity contribution in [1.82, 2.24) is 5.32 Å². The minimum atomic E-state index is -1.11. The van der Waals surface area contributed by atoms with E-state index < -0.39 is 17.9 Å². The third kappa shape index (κ3) is 5.11. The van der Waals surface area contributed by atoms with E-state index in [0.29, 0.717) is 22.7 Å². The Hall–Kier alpha value is -3.80. The van der Waals surface area contributed by atoms with Gasteiger partial charge in [0.05, 0.1) is 0 Å². The summed E-state index contributed by atoms with van der Waals surface area (Å²) in [4.78, 5) is 24.1. The first-order chi connectivity index (χ1) is 13.5. The summed E-state index contributed by atoms with van der Waals surface area (Å²) in [5.74, 6) is -0.459. The Morgan fingerprint density at radius 3 is 2.29 bits per heavy atom. The van der Waals surface area contributed by atoms with Crippen molar-refractivity contribution in [1.29, 1.82) is 0 Å². The SMILES string of the molecule is Nc1ccc(C[C@H](NC(=O)c2cccc(Oc3ccccc3)c2)C(=O)O)cc1. The number of rotatable bonds is 7. The number of nitrogens with one attached hydrogen (secondary N) is 1. The Morgan fingerprint density at radius 2 is 1.61 bits per heavy atom. The van der Waals surface area contributed by atoms with Gasteiger partial charge in [-0.15, -0.1) is 0 Å². The molecule has 0 aliphatic rings. The van der Waals surface area contributed by atoms with Crippen molar-refractivity contribution < 1.29 is 19.4 Å². The molecule has 28 heavy (non-hydrogen) atoms. The number of carbonyl (C=O) groups excluding carboxylic acids is 1. The number of aliphatic carboxylic acids is 1. The van der Waals surface area contributed by atoms with Crippen molar-refractivity contribution >= 4 is 17.6 Å². The second kappa shape index (κ2) is 8.73. The molecule has 3 aromatic carbocycles. The lowest BCUT2D eigenvalue weighted by Gasteiger charge is -2.15. The molecule has 6 heteroatoms.